The molecule has 0 aromatic heterocycles. The minimum absolute atomic E-state index is 0.0362. The predicted octanol–water partition coefficient (Wildman–Crippen LogP) is 8.32. The lowest BCUT2D eigenvalue weighted by molar-refractivity contribution is -0.146. The molecule has 1 atom stereocenters. The fraction of sp³-hybridized carbons (Fsp3) is 0.378. The Balaban J connectivity index is 1.18. The number of fused-ring (bicyclic) bond motifs is 1. The van der Waals surface area contributed by atoms with Crippen molar-refractivity contribution in [3.05, 3.63) is 95.5 Å². The summed E-state index contributed by atoms with van der Waals surface area (Å²) >= 11 is 6.00. The third-order valence-corrected chi connectivity index (χ3v) is 11.6. The lowest BCUT2D eigenvalue weighted by Gasteiger charge is -2.37. The summed E-state index contributed by atoms with van der Waals surface area (Å²) in [4.78, 5) is 15.2. The van der Waals surface area contributed by atoms with Crippen LogP contribution in [-0.2, 0) is 20.7 Å². The Morgan fingerprint density at radius 2 is 1.51 bits per heavy atom. The van der Waals surface area contributed by atoms with Gasteiger partial charge in [0.05, 0.1) is 11.0 Å². The molecule has 10 heteroatoms. The topological polar surface area (TPSA) is 75.7 Å². The molecule has 7 rings (SSSR count). The Labute approximate surface area is 279 Å². The van der Waals surface area contributed by atoms with Crippen LogP contribution >= 0.6 is 11.6 Å². The molecule has 4 aromatic rings. The van der Waals surface area contributed by atoms with Crippen LogP contribution in [0.3, 0.4) is 0 Å². The molecule has 1 saturated heterocycles. The van der Waals surface area contributed by atoms with Crippen molar-refractivity contribution in [1.29, 1.82) is 0 Å². The number of amides is 1. The fourth-order valence-electron chi connectivity index (χ4n) is 7.00. The molecule has 1 N–H and O–H groups in total. The molecular formula is C37H37ClF2N2O4S. The van der Waals surface area contributed by atoms with Gasteiger partial charge in [-0.25, -0.2) is 8.42 Å². The van der Waals surface area contributed by atoms with Gasteiger partial charge < -0.3 is 9.64 Å². The summed E-state index contributed by atoms with van der Waals surface area (Å²) in [5.41, 5.74) is 0.979. The first-order valence-electron chi connectivity index (χ1n) is 16.3. The van der Waals surface area contributed by atoms with Gasteiger partial charge in [0, 0.05) is 23.7 Å². The number of carbonyl (C=O) groups is 1. The van der Waals surface area contributed by atoms with Crippen molar-refractivity contribution in [3.63, 3.8) is 0 Å². The zero-order valence-electron chi connectivity index (χ0n) is 25.9. The molecule has 3 fully saturated rings. The molecule has 0 bridgehead atoms. The van der Waals surface area contributed by atoms with Crippen LogP contribution in [0.1, 0.15) is 56.9 Å². The summed E-state index contributed by atoms with van der Waals surface area (Å²) in [5, 5.41) is 1.94. The van der Waals surface area contributed by atoms with E-state index in [0.29, 0.717) is 41.2 Å². The Hall–Kier alpha value is -3.53. The van der Waals surface area contributed by atoms with Crippen LogP contribution in [0.5, 0.6) is 5.75 Å². The van der Waals surface area contributed by atoms with E-state index >= 15 is 8.78 Å². The van der Waals surface area contributed by atoms with Crippen LogP contribution < -0.4 is 9.46 Å². The number of halogens is 3. The largest absolute Gasteiger partial charge is 0.490 e. The monoisotopic (exact) mass is 678 g/mol. The minimum atomic E-state index is -4.54. The summed E-state index contributed by atoms with van der Waals surface area (Å²) in [5.74, 6) is -4.05. The highest BCUT2D eigenvalue weighted by Crippen LogP contribution is 2.52. The zero-order chi connectivity index (χ0) is 32.8. The van der Waals surface area contributed by atoms with E-state index in [1.165, 1.54) is 41.3 Å². The van der Waals surface area contributed by atoms with Crippen LogP contribution in [0.25, 0.3) is 21.9 Å². The fourth-order valence-corrected chi connectivity index (χ4v) is 8.35. The third kappa shape index (κ3) is 6.76. The summed E-state index contributed by atoms with van der Waals surface area (Å²) in [6.07, 6.45) is 8.01. The number of sulfonamides is 1. The quantitative estimate of drug-likeness (QED) is 0.193. The average Bonchev–Trinajstić information content (AvgIpc) is 3.60. The van der Waals surface area contributed by atoms with Gasteiger partial charge in [0.2, 0.25) is 15.9 Å². The van der Waals surface area contributed by atoms with Crippen molar-refractivity contribution in [2.24, 2.45) is 5.41 Å². The van der Waals surface area contributed by atoms with E-state index in [9.17, 15) is 13.2 Å². The third-order valence-electron chi connectivity index (χ3n) is 9.96. The molecule has 1 aliphatic heterocycles. The summed E-state index contributed by atoms with van der Waals surface area (Å²) in [6.45, 7) is 0.669. The minimum Gasteiger partial charge on any atom is -0.490 e. The summed E-state index contributed by atoms with van der Waals surface area (Å²) in [6, 6.07) is 20.1. The Bertz CT molecular complexity index is 1890. The molecule has 4 aromatic carbocycles. The van der Waals surface area contributed by atoms with Crippen molar-refractivity contribution in [3.8, 4) is 16.9 Å². The number of piperidine rings is 1. The molecule has 2 aliphatic carbocycles. The highest BCUT2D eigenvalue weighted by atomic mass is 35.5. The van der Waals surface area contributed by atoms with E-state index in [1.54, 1.807) is 42.5 Å². The lowest BCUT2D eigenvalue weighted by atomic mass is 9.93. The van der Waals surface area contributed by atoms with Crippen molar-refractivity contribution in [2.45, 2.75) is 74.3 Å². The van der Waals surface area contributed by atoms with E-state index in [4.69, 9.17) is 16.3 Å². The lowest BCUT2D eigenvalue weighted by Crippen LogP contribution is -2.57. The van der Waals surface area contributed by atoms with Gasteiger partial charge in [0.25, 0.3) is 5.92 Å². The molecule has 246 valence electrons. The second-order valence-corrected chi connectivity index (χ2v) is 15.5. The average molecular weight is 679 g/mol. The van der Waals surface area contributed by atoms with Gasteiger partial charge in [0.1, 0.15) is 5.75 Å². The van der Waals surface area contributed by atoms with Gasteiger partial charge in [-0.1, -0.05) is 60.1 Å². The first-order valence-corrected chi connectivity index (χ1v) is 18.1. The number of hydrogen-bond donors (Lipinski definition) is 1. The van der Waals surface area contributed by atoms with E-state index in [2.05, 4.69) is 4.72 Å². The number of ether oxygens (including phenoxy) is 1. The van der Waals surface area contributed by atoms with Gasteiger partial charge in [-0.15, -0.1) is 0 Å². The van der Waals surface area contributed by atoms with Gasteiger partial charge in [-0.3, -0.25) is 4.79 Å². The summed E-state index contributed by atoms with van der Waals surface area (Å²) < 4.78 is 68.9. The van der Waals surface area contributed by atoms with Gasteiger partial charge in [-0.2, -0.15) is 13.5 Å². The number of nitrogens with one attached hydrogen (secondary N) is 1. The maximum Gasteiger partial charge on any atom is 0.298 e. The molecule has 6 nitrogen and oxygen atoms in total. The number of benzene rings is 4. The Morgan fingerprint density at radius 1 is 0.872 bits per heavy atom. The van der Waals surface area contributed by atoms with Gasteiger partial charge in [-0.05, 0) is 115 Å². The first-order chi connectivity index (χ1) is 22.5. The predicted molar refractivity (Wildman–Crippen MR) is 179 cm³/mol. The normalized spacial score (nSPS) is 18.8. The summed E-state index contributed by atoms with van der Waals surface area (Å²) in [7, 11) is -4.54. The molecule has 1 unspecified atom stereocenters. The number of likely N-dealkylation sites (tertiary alicyclic amines) is 1. The highest BCUT2D eigenvalue weighted by Gasteiger charge is 2.53. The molecule has 3 aliphatic rings. The van der Waals surface area contributed by atoms with Crippen LogP contribution in [0.2, 0.25) is 5.02 Å². The van der Waals surface area contributed by atoms with E-state index in [1.807, 2.05) is 6.07 Å². The van der Waals surface area contributed by atoms with Crippen LogP contribution in [0, 0.1) is 5.41 Å². The van der Waals surface area contributed by atoms with Crippen molar-refractivity contribution in [2.75, 3.05) is 13.1 Å². The smallest absolute Gasteiger partial charge is 0.298 e. The molecule has 1 amide bonds. The van der Waals surface area contributed by atoms with Gasteiger partial charge >= 0.3 is 0 Å². The number of nitrogens with zero attached hydrogens (tertiary/aromatic N) is 1. The number of hydrogen-bond acceptors (Lipinski definition) is 4. The van der Waals surface area contributed by atoms with Crippen LogP contribution in [0.4, 0.5) is 8.78 Å². The second-order valence-electron chi connectivity index (χ2n) is 13.3. The number of carbonyl (C=O) groups excluding carboxylic acids is 1. The molecule has 1 spiro atoms. The maximum atomic E-state index is 16.5. The van der Waals surface area contributed by atoms with Crippen LogP contribution in [-0.4, -0.2) is 44.5 Å². The SMILES string of the molecule is O=C(C(NS(=O)(=O)c1ccc2cc(OC3CCCC3)ccc2c1)C(F)(F)c1ccc(-c2ccc(Cl)cc2)cc1)N1CCCC2(CC2)C1. The van der Waals surface area contributed by atoms with E-state index in [-0.39, 0.29) is 16.4 Å². The first kappa shape index (κ1) is 32.0. The Kier molecular flexibility index (Phi) is 8.51. The second kappa shape index (κ2) is 12.5. The van der Waals surface area contributed by atoms with Crippen LogP contribution in [0.15, 0.2) is 89.8 Å². The standard InChI is InChI=1S/C37H37ClF2N2O4S/c38-30-14-8-26(9-15-30)25-6-12-29(13-7-25)37(39,40)34(35(43)42-21-3-18-36(24-42)19-20-36)41-47(44,45)33-17-11-27-22-32(16-10-28(27)23-33)46-31-4-1-2-5-31/h6-17,22-23,31,34,41H,1-5,18-21,24H2. The molecule has 2 saturated carbocycles. The molecule has 1 heterocycles. The van der Waals surface area contributed by atoms with Gasteiger partial charge in [0.15, 0.2) is 6.04 Å². The molecule has 0 radical (unpaired) electrons. The highest BCUT2D eigenvalue weighted by molar-refractivity contribution is 7.89. The van der Waals surface area contributed by atoms with Crippen molar-refractivity contribution in [1.82, 2.24) is 9.62 Å². The number of alkyl halides is 2. The number of rotatable bonds is 9. The zero-order valence-corrected chi connectivity index (χ0v) is 27.5. The molecular weight excluding hydrogens is 642 g/mol. The van der Waals surface area contributed by atoms with E-state index < -0.39 is 33.5 Å². The Morgan fingerprint density at radius 3 is 2.19 bits per heavy atom. The van der Waals surface area contributed by atoms with Crippen molar-refractivity contribution < 1.29 is 26.7 Å². The molecule has 47 heavy (non-hydrogen) atoms. The maximum absolute atomic E-state index is 16.5. The van der Waals surface area contributed by atoms with Crippen molar-refractivity contribution >= 4 is 38.3 Å². The van der Waals surface area contributed by atoms with E-state index in [0.717, 1.165) is 55.9 Å².